The van der Waals surface area contributed by atoms with Crippen LogP contribution in [0.1, 0.15) is 29.7 Å². The highest BCUT2D eigenvalue weighted by Crippen LogP contribution is 2.17. The number of aromatic nitrogens is 1. The van der Waals surface area contributed by atoms with E-state index in [-0.39, 0.29) is 18.0 Å². The molecular weight excluding hydrogens is 372 g/mol. The van der Waals surface area contributed by atoms with E-state index < -0.39 is 0 Å². The van der Waals surface area contributed by atoms with E-state index in [4.69, 9.17) is 4.74 Å². The molecule has 0 spiro atoms. The first-order chi connectivity index (χ1) is 11.5. The Morgan fingerprint density at radius 2 is 2.08 bits per heavy atom. The van der Waals surface area contributed by atoms with Crippen LogP contribution in [0.15, 0.2) is 39.6 Å². The van der Waals surface area contributed by atoms with E-state index >= 15 is 0 Å². The Morgan fingerprint density at radius 1 is 1.29 bits per heavy atom. The van der Waals surface area contributed by atoms with Gasteiger partial charge in [0, 0.05) is 28.7 Å². The van der Waals surface area contributed by atoms with Crippen LogP contribution in [0.4, 0.5) is 0 Å². The van der Waals surface area contributed by atoms with Crippen molar-refractivity contribution in [1.82, 2.24) is 10.3 Å². The van der Waals surface area contributed by atoms with Crippen LogP contribution in [0.2, 0.25) is 0 Å². The molecule has 0 saturated heterocycles. The number of benzene rings is 1. The number of aryl methyl sites for hydroxylation is 2. The topological polar surface area (TPSA) is 71.2 Å². The van der Waals surface area contributed by atoms with Crippen molar-refractivity contribution in [2.24, 2.45) is 0 Å². The Kier molecular flexibility index (Phi) is 6.61. The Bertz CT molecular complexity index is 771. The van der Waals surface area contributed by atoms with E-state index in [0.29, 0.717) is 25.0 Å². The number of hydrogen-bond acceptors (Lipinski definition) is 3. The van der Waals surface area contributed by atoms with E-state index in [2.05, 4.69) is 26.2 Å². The molecule has 6 heteroatoms. The smallest absolute Gasteiger partial charge is 0.253 e. The van der Waals surface area contributed by atoms with Crippen molar-refractivity contribution >= 4 is 21.8 Å². The Hall–Kier alpha value is -2.08. The second-order valence-corrected chi connectivity index (χ2v) is 6.54. The van der Waals surface area contributed by atoms with Gasteiger partial charge in [0.15, 0.2) is 0 Å². The summed E-state index contributed by atoms with van der Waals surface area (Å²) in [6.07, 6.45) is 0.971. The van der Waals surface area contributed by atoms with Gasteiger partial charge in [0.1, 0.15) is 5.75 Å². The maximum absolute atomic E-state index is 11.9. The second-order valence-electron chi connectivity index (χ2n) is 5.63. The number of carbonyl (C=O) groups excluding carboxylic acids is 1. The summed E-state index contributed by atoms with van der Waals surface area (Å²) in [5.41, 5.74) is 2.15. The number of pyridine rings is 1. The molecule has 2 N–H and O–H groups in total. The van der Waals surface area contributed by atoms with E-state index in [1.807, 2.05) is 44.2 Å². The van der Waals surface area contributed by atoms with Crippen molar-refractivity contribution < 1.29 is 9.53 Å². The maximum atomic E-state index is 11.9. The lowest BCUT2D eigenvalue weighted by atomic mass is 10.1. The predicted octanol–water partition coefficient (Wildman–Crippen LogP) is 3.23. The fraction of sp³-hybridized carbons (Fsp3) is 0.333. The average molecular weight is 393 g/mol. The summed E-state index contributed by atoms with van der Waals surface area (Å²) >= 11 is 3.38. The summed E-state index contributed by atoms with van der Waals surface area (Å²) in [5, 5.41) is 2.79. The fourth-order valence-corrected chi connectivity index (χ4v) is 2.73. The third kappa shape index (κ3) is 5.53. The summed E-state index contributed by atoms with van der Waals surface area (Å²) < 4.78 is 6.54. The molecule has 2 rings (SSSR count). The van der Waals surface area contributed by atoms with Crippen LogP contribution in [0.3, 0.4) is 0 Å². The number of amides is 1. The van der Waals surface area contributed by atoms with Crippen LogP contribution in [0.25, 0.3) is 0 Å². The van der Waals surface area contributed by atoms with Crippen LogP contribution in [0, 0.1) is 13.8 Å². The van der Waals surface area contributed by atoms with E-state index in [1.54, 1.807) is 0 Å². The van der Waals surface area contributed by atoms with Crippen LogP contribution in [-0.4, -0.2) is 17.5 Å². The van der Waals surface area contributed by atoms with Crippen LogP contribution < -0.4 is 15.6 Å². The van der Waals surface area contributed by atoms with Gasteiger partial charge in [0.05, 0.1) is 6.61 Å². The summed E-state index contributed by atoms with van der Waals surface area (Å²) in [5.74, 6) is 0.679. The van der Waals surface area contributed by atoms with Gasteiger partial charge >= 0.3 is 0 Å². The van der Waals surface area contributed by atoms with Crippen molar-refractivity contribution in [3.05, 3.63) is 62.0 Å². The van der Waals surface area contributed by atoms with Gasteiger partial charge in [-0.2, -0.15) is 0 Å². The Balaban J connectivity index is 1.73. The molecule has 0 bridgehead atoms. The number of hydrogen-bond donors (Lipinski definition) is 2. The third-order valence-corrected chi connectivity index (χ3v) is 4.06. The lowest BCUT2D eigenvalue weighted by molar-refractivity contribution is -0.121. The van der Waals surface area contributed by atoms with Gasteiger partial charge < -0.3 is 15.0 Å². The molecule has 1 aromatic heterocycles. The van der Waals surface area contributed by atoms with Gasteiger partial charge in [-0.1, -0.05) is 22.0 Å². The summed E-state index contributed by atoms with van der Waals surface area (Å²) in [6.45, 7) is 4.42. The summed E-state index contributed by atoms with van der Waals surface area (Å²) in [4.78, 5) is 26.5. The van der Waals surface area contributed by atoms with Crippen molar-refractivity contribution in [2.45, 2.75) is 33.2 Å². The molecule has 1 amide bonds. The highest BCUT2D eigenvalue weighted by Gasteiger charge is 2.07. The van der Waals surface area contributed by atoms with Crippen molar-refractivity contribution in [3.63, 3.8) is 0 Å². The molecular formula is C18H21BrN2O3. The summed E-state index contributed by atoms with van der Waals surface area (Å²) in [6, 6.07) is 9.47. The molecule has 0 unspecified atom stereocenters. The van der Waals surface area contributed by atoms with Crippen molar-refractivity contribution in [1.29, 1.82) is 0 Å². The number of H-pyrrole nitrogens is 1. The zero-order valence-corrected chi connectivity index (χ0v) is 15.4. The van der Waals surface area contributed by atoms with E-state index in [0.717, 1.165) is 21.5 Å². The number of ether oxygens (including phenoxy) is 1. The van der Waals surface area contributed by atoms with Crippen LogP contribution >= 0.6 is 15.9 Å². The minimum atomic E-state index is -0.147. The Morgan fingerprint density at radius 3 is 2.79 bits per heavy atom. The average Bonchev–Trinajstić information content (AvgIpc) is 2.50. The normalized spacial score (nSPS) is 10.5. The first kappa shape index (κ1) is 18.3. The largest absolute Gasteiger partial charge is 0.494 e. The standard InChI is InChI=1S/C18H21BrN2O3/c1-12-9-13(2)21-18(23)16(12)11-20-17(22)7-4-8-24-15-6-3-5-14(19)10-15/h3,5-6,9-10H,4,7-8,11H2,1-2H3,(H,20,22)(H,21,23). The molecule has 0 aliphatic carbocycles. The molecule has 0 saturated carbocycles. The number of halogens is 1. The molecule has 5 nitrogen and oxygen atoms in total. The predicted molar refractivity (Wildman–Crippen MR) is 97.3 cm³/mol. The fourth-order valence-electron chi connectivity index (χ4n) is 2.36. The van der Waals surface area contributed by atoms with Gasteiger partial charge in [0.2, 0.25) is 5.91 Å². The number of carbonyl (C=O) groups is 1. The monoisotopic (exact) mass is 392 g/mol. The molecule has 0 atom stereocenters. The zero-order chi connectivity index (χ0) is 17.5. The second kappa shape index (κ2) is 8.68. The zero-order valence-electron chi connectivity index (χ0n) is 13.8. The third-order valence-electron chi connectivity index (χ3n) is 3.57. The highest BCUT2D eigenvalue weighted by molar-refractivity contribution is 9.10. The molecule has 1 aromatic carbocycles. The van der Waals surface area contributed by atoms with Crippen molar-refractivity contribution in [2.75, 3.05) is 6.61 Å². The van der Waals surface area contributed by atoms with E-state index in [9.17, 15) is 9.59 Å². The number of rotatable bonds is 7. The number of nitrogens with one attached hydrogen (secondary N) is 2. The molecule has 0 aliphatic heterocycles. The first-order valence-corrected chi connectivity index (χ1v) is 8.59. The minimum absolute atomic E-state index is 0.0905. The van der Waals surface area contributed by atoms with Gasteiger partial charge in [-0.15, -0.1) is 0 Å². The van der Waals surface area contributed by atoms with E-state index in [1.165, 1.54) is 0 Å². The highest BCUT2D eigenvalue weighted by atomic mass is 79.9. The van der Waals surface area contributed by atoms with Gasteiger partial charge in [-0.05, 0) is 50.1 Å². The molecule has 24 heavy (non-hydrogen) atoms. The van der Waals surface area contributed by atoms with Gasteiger partial charge in [-0.3, -0.25) is 9.59 Å². The minimum Gasteiger partial charge on any atom is -0.494 e. The van der Waals surface area contributed by atoms with Gasteiger partial charge in [-0.25, -0.2) is 0 Å². The van der Waals surface area contributed by atoms with Crippen LogP contribution in [0.5, 0.6) is 5.75 Å². The lowest BCUT2D eigenvalue weighted by Crippen LogP contribution is -2.28. The molecule has 2 aromatic rings. The maximum Gasteiger partial charge on any atom is 0.253 e. The quantitative estimate of drug-likeness (QED) is 0.710. The summed E-state index contributed by atoms with van der Waals surface area (Å²) in [7, 11) is 0. The van der Waals surface area contributed by atoms with Crippen LogP contribution in [-0.2, 0) is 11.3 Å². The number of aromatic amines is 1. The Labute approximate surface area is 149 Å². The lowest BCUT2D eigenvalue weighted by Gasteiger charge is -2.09. The van der Waals surface area contributed by atoms with Crippen molar-refractivity contribution in [3.8, 4) is 5.75 Å². The molecule has 0 fully saturated rings. The molecule has 128 valence electrons. The van der Waals surface area contributed by atoms with Gasteiger partial charge in [0.25, 0.3) is 5.56 Å². The molecule has 0 radical (unpaired) electrons. The molecule has 0 aliphatic rings. The molecule has 1 heterocycles. The first-order valence-electron chi connectivity index (χ1n) is 7.80. The SMILES string of the molecule is Cc1cc(C)c(CNC(=O)CCCOc2cccc(Br)c2)c(=O)[nH]1.